The van der Waals surface area contributed by atoms with Crippen LogP contribution in [0.2, 0.25) is 0 Å². The second-order valence-corrected chi connectivity index (χ2v) is 2.20. The second-order valence-electron chi connectivity index (χ2n) is 2.20. The molecule has 0 spiro atoms. The van der Waals surface area contributed by atoms with Gasteiger partial charge in [-0.3, -0.25) is 4.98 Å². The van der Waals surface area contributed by atoms with Gasteiger partial charge in [0.05, 0.1) is 12.8 Å². The number of carbonyl (C=O) groups is 1. The van der Waals surface area contributed by atoms with Crippen molar-refractivity contribution in [3.05, 3.63) is 29.6 Å². The quantitative estimate of drug-likeness (QED) is 0.659. The lowest BCUT2D eigenvalue weighted by Crippen LogP contribution is -2.09. The molecular weight excluding hydrogens is 180 g/mol. The van der Waals surface area contributed by atoms with Gasteiger partial charge in [0.1, 0.15) is 5.56 Å². The minimum Gasteiger partial charge on any atom is -0.462 e. The van der Waals surface area contributed by atoms with Crippen LogP contribution in [-0.2, 0) is 4.74 Å². The first-order chi connectivity index (χ1) is 6.16. The molecule has 0 saturated carbocycles. The molecule has 1 rings (SSSR count). The molecular formula is C8H7F2NO2. The average molecular weight is 187 g/mol. The Morgan fingerprint density at radius 3 is 2.85 bits per heavy atom. The van der Waals surface area contributed by atoms with Gasteiger partial charge in [-0.2, -0.15) is 0 Å². The predicted octanol–water partition coefficient (Wildman–Crippen LogP) is 1.54. The molecule has 0 N–H and O–H groups in total. The summed E-state index contributed by atoms with van der Waals surface area (Å²) < 4.78 is 29.9. The number of carbonyl (C=O) groups excluding carboxylic acids is 1. The molecule has 0 aliphatic rings. The fourth-order valence-corrected chi connectivity index (χ4v) is 0.770. The zero-order chi connectivity index (χ0) is 9.84. The molecule has 0 atom stereocenters. The summed E-state index contributed by atoms with van der Waals surface area (Å²) in [5.74, 6) is -3.30. The van der Waals surface area contributed by atoms with E-state index in [1.807, 2.05) is 0 Å². The Balaban J connectivity index is 3.01. The second kappa shape index (κ2) is 3.93. The standard InChI is InChI=1S/C8H7F2NO2/c1-2-13-8(12)5-3-11-4-6(9)7(5)10/h3-4H,2H2,1H3. The number of pyridine rings is 1. The third-order valence-electron chi connectivity index (χ3n) is 1.33. The molecule has 3 nitrogen and oxygen atoms in total. The fraction of sp³-hybridized carbons (Fsp3) is 0.250. The molecule has 0 saturated heterocycles. The van der Waals surface area contributed by atoms with Crippen molar-refractivity contribution in [3.8, 4) is 0 Å². The summed E-state index contributed by atoms with van der Waals surface area (Å²) in [7, 11) is 0. The van der Waals surface area contributed by atoms with E-state index in [2.05, 4.69) is 9.72 Å². The van der Waals surface area contributed by atoms with Crippen molar-refractivity contribution in [1.82, 2.24) is 4.98 Å². The maximum Gasteiger partial charge on any atom is 0.342 e. The van der Waals surface area contributed by atoms with E-state index in [1.54, 1.807) is 6.92 Å². The van der Waals surface area contributed by atoms with E-state index in [4.69, 9.17) is 0 Å². The van der Waals surface area contributed by atoms with Gasteiger partial charge < -0.3 is 4.74 Å². The molecule has 0 fully saturated rings. The molecule has 0 bridgehead atoms. The highest BCUT2D eigenvalue weighted by Crippen LogP contribution is 2.10. The van der Waals surface area contributed by atoms with E-state index in [-0.39, 0.29) is 6.61 Å². The number of hydrogen-bond donors (Lipinski definition) is 0. The minimum absolute atomic E-state index is 0.106. The van der Waals surface area contributed by atoms with Crippen LogP contribution in [0, 0.1) is 11.6 Å². The number of ether oxygens (including phenoxy) is 1. The monoisotopic (exact) mass is 187 g/mol. The van der Waals surface area contributed by atoms with E-state index in [1.165, 1.54) is 0 Å². The van der Waals surface area contributed by atoms with Crippen molar-refractivity contribution < 1.29 is 18.3 Å². The molecule has 5 heteroatoms. The largest absolute Gasteiger partial charge is 0.462 e. The van der Waals surface area contributed by atoms with Crippen molar-refractivity contribution in [3.63, 3.8) is 0 Å². The maximum atomic E-state index is 12.9. The maximum absolute atomic E-state index is 12.9. The smallest absolute Gasteiger partial charge is 0.342 e. The van der Waals surface area contributed by atoms with Gasteiger partial charge in [-0.15, -0.1) is 0 Å². The van der Waals surface area contributed by atoms with Gasteiger partial charge in [0.2, 0.25) is 0 Å². The number of hydrogen-bond acceptors (Lipinski definition) is 3. The minimum atomic E-state index is -1.23. The summed E-state index contributed by atoms with van der Waals surface area (Å²) in [6.07, 6.45) is 1.62. The van der Waals surface area contributed by atoms with Crippen molar-refractivity contribution >= 4 is 5.97 Å². The van der Waals surface area contributed by atoms with E-state index >= 15 is 0 Å². The van der Waals surface area contributed by atoms with E-state index in [9.17, 15) is 13.6 Å². The SMILES string of the molecule is CCOC(=O)c1cncc(F)c1F. The Labute approximate surface area is 73.4 Å². The summed E-state index contributed by atoms with van der Waals surface area (Å²) in [5, 5.41) is 0. The first-order valence-corrected chi connectivity index (χ1v) is 3.63. The van der Waals surface area contributed by atoms with Crippen molar-refractivity contribution in [2.24, 2.45) is 0 Å². The van der Waals surface area contributed by atoms with Crippen LogP contribution in [0.4, 0.5) is 8.78 Å². The van der Waals surface area contributed by atoms with Crippen LogP contribution in [0.1, 0.15) is 17.3 Å². The summed E-state index contributed by atoms with van der Waals surface area (Å²) in [6.45, 7) is 1.68. The lowest BCUT2D eigenvalue weighted by molar-refractivity contribution is 0.0519. The lowest BCUT2D eigenvalue weighted by atomic mass is 10.3. The van der Waals surface area contributed by atoms with Gasteiger partial charge in [-0.05, 0) is 6.92 Å². The Kier molecular flexibility index (Phi) is 2.89. The van der Waals surface area contributed by atoms with Crippen LogP contribution in [-0.4, -0.2) is 17.6 Å². The van der Waals surface area contributed by atoms with Crippen LogP contribution >= 0.6 is 0 Å². The van der Waals surface area contributed by atoms with Crippen LogP contribution in [0.15, 0.2) is 12.4 Å². The highest BCUT2D eigenvalue weighted by atomic mass is 19.2. The van der Waals surface area contributed by atoms with E-state index in [0.29, 0.717) is 6.20 Å². The number of aromatic nitrogens is 1. The Morgan fingerprint density at radius 2 is 2.23 bits per heavy atom. The molecule has 13 heavy (non-hydrogen) atoms. The molecule has 0 amide bonds. The first-order valence-electron chi connectivity index (χ1n) is 3.63. The van der Waals surface area contributed by atoms with Gasteiger partial charge in [0.15, 0.2) is 11.6 Å². The third-order valence-corrected chi connectivity index (χ3v) is 1.33. The molecule has 0 aromatic carbocycles. The Hall–Kier alpha value is -1.52. The Bertz CT molecular complexity index is 328. The van der Waals surface area contributed by atoms with Crippen LogP contribution in [0.25, 0.3) is 0 Å². The zero-order valence-electron chi connectivity index (χ0n) is 6.88. The lowest BCUT2D eigenvalue weighted by Gasteiger charge is -2.01. The van der Waals surface area contributed by atoms with Gasteiger partial charge >= 0.3 is 5.97 Å². The predicted molar refractivity (Wildman–Crippen MR) is 40.1 cm³/mol. The fourth-order valence-electron chi connectivity index (χ4n) is 0.770. The van der Waals surface area contributed by atoms with Gasteiger partial charge in [0.25, 0.3) is 0 Å². The number of esters is 1. The molecule has 1 heterocycles. The normalized spacial score (nSPS) is 9.77. The topological polar surface area (TPSA) is 39.2 Å². The number of rotatable bonds is 2. The molecule has 0 aliphatic heterocycles. The number of nitrogens with zero attached hydrogens (tertiary/aromatic N) is 1. The zero-order valence-corrected chi connectivity index (χ0v) is 6.88. The van der Waals surface area contributed by atoms with Gasteiger partial charge in [0, 0.05) is 6.20 Å². The van der Waals surface area contributed by atoms with E-state index < -0.39 is 23.2 Å². The molecule has 70 valence electrons. The highest BCUT2D eigenvalue weighted by Gasteiger charge is 2.16. The molecule has 1 aromatic rings. The van der Waals surface area contributed by atoms with Gasteiger partial charge in [-0.25, -0.2) is 13.6 Å². The summed E-state index contributed by atoms with van der Waals surface area (Å²) in [4.78, 5) is 14.3. The van der Waals surface area contributed by atoms with Crippen LogP contribution in [0.5, 0.6) is 0 Å². The van der Waals surface area contributed by atoms with Crippen molar-refractivity contribution in [2.75, 3.05) is 6.61 Å². The summed E-state index contributed by atoms with van der Waals surface area (Å²) in [6, 6.07) is 0. The Morgan fingerprint density at radius 1 is 1.54 bits per heavy atom. The van der Waals surface area contributed by atoms with Crippen molar-refractivity contribution in [1.29, 1.82) is 0 Å². The summed E-state index contributed by atoms with van der Waals surface area (Å²) >= 11 is 0. The number of halogens is 2. The first kappa shape index (κ1) is 9.57. The van der Waals surface area contributed by atoms with Crippen molar-refractivity contribution in [2.45, 2.75) is 6.92 Å². The highest BCUT2D eigenvalue weighted by molar-refractivity contribution is 5.89. The third kappa shape index (κ3) is 1.99. The summed E-state index contributed by atoms with van der Waals surface area (Å²) in [5.41, 5.74) is -0.484. The molecule has 0 unspecified atom stereocenters. The van der Waals surface area contributed by atoms with Crippen LogP contribution in [0.3, 0.4) is 0 Å². The molecule has 0 aliphatic carbocycles. The average Bonchev–Trinajstić information content (AvgIpc) is 2.10. The van der Waals surface area contributed by atoms with E-state index in [0.717, 1.165) is 6.20 Å². The molecule has 1 aromatic heterocycles. The molecule has 0 radical (unpaired) electrons. The van der Waals surface area contributed by atoms with Gasteiger partial charge in [-0.1, -0.05) is 0 Å². The van der Waals surface area contributed by atoms with Crippen LogP contribution < -0.4 is 0 Å².